The lowest BCUT2D eigenvalue weighted by Gasteiger charge is -2.60. The number of hydrogen-bond donors (Lipinski definition) is 1. The van der Waals surface area contributed by atoms with Gasteiger partial charge in [0.2, 0.25) is 5.79 Å². The molecule has 0 aromatic heterocycles. The van der Waals surface area contributed by atoms with Crippen LogP contribution in [0.3, 0.4) is 0 Å². The Labute approximate surface area is 150 Å². The molecule has 1 aliphatic carbocycles. The van der Waals surface area contributed by atoms with E-state index in [-0.39, 0.29) is 12.2 Å². The molecule has 0 amide bonds. The van der Waals surface area contributed by atoms with E-state index in [1.54, 1.807) is 0 Å². The summed E-state index contributed by atoms with van der Waals surface area (Å²) in [5.74, 6) is 0.868. The summed E-state index contributed by atoms with van der Waals surface area (Å²) in [5.41, 5.74) is -0.491. The fourth-order valence-electron chi connectivity index (χ4n) is 5.49. The minimum Gasteiger partial charge on any atom is -0.351 e. The molecule has 1 spiro atoms. The van der Waals surface area contributed by atoms with Crippen molar-refractivity contribution < 1.29 is 24.0 Å². The fraction of sp³-hybridized carbons (Fsp3) is 1.00. The van der Waals surface area contributed by atoms with Crippen molar-refractivity contribution in [3.8, 4) is 0 Å². The van der Waals surface area contributed by atoms with Crippen LogP contribution in [0.15, 0.2) is 0 Å². The van der Waals surface area contributed by atoms with Crippen LogP contribution in [0.25, 0.3) is 0 Å². The average Bonchev–Trinajstić information content (AvgIpc) is 2.82. The van der Waals surface area contributed by atoms with Gasteiger partial charge >= 0.3 is 0 Å². The highest BCUT2D eigenvalue weighted by Gasteiger charge is 2.69. The van der Waals surface area contributed by atoms with Gasteiger partial charge in [0, 0.05) is 24.8 Å². The van der Waals surface area contributed by atoms with E-state index in [1.165, 1.54) is 6.42 Å². The SMILES string of the molecule is CCNCCO[C@H]1O[C@@H]2O[C@]3(C)CC[C@H]4[C@H](C)CC[C@@H]([C@H]1C)[C@@]24OO3. The largest absolute Gasteiger partial charge is 0.351 e. The standard InChI is InChI=1S/C19H33NO5/c1-5-20-10-11-21-16-13(3)15-7-6-12(2)14-8-9-18(4)23-17(22-16)19(14,15)25-24-18/h12-17,20H,5-11H2,1-4H3/t12-,13-,14+,15+,16+,17-,18+,19-/m1/s1. The van der Waals surface area contributed by atoms with Crippen molar-refractivity contribution in [1.82, 2.24) is 5.32 Å². The summed E-state index contributed by atoms with van der Waals surface area (Å²) in [5, 5.41) is 3.29. The van der Waals surface area contributed by atoms with E-state index in [0.29, 0.717) is 24.4 Å². The van der Waals surface area contributed by atoms with Crippen LogP contribution in [0, 0.1) is 23.7 Å². The summed E-state index contributed by atoms with van der Waals surface area (Å²) in [4.78, 5) is 12.0. The van der Waals surface area contributed by atoms with Gasteiger partial charge in [-0.15, -0.1) is 0 Å². The Hall–Kier alpha value is -0.240. The zero-order chi connectivity index (χ0) is 17.7. The molecule has 8 atom stereocenters. The smallest absolute Gasteiger partial charge is 0.201 e. The maximum Gasteiger partial charge on any atom is 0.201 e. The summed E-state index contributed by atoms with van der Waals surface area (Å²) in [6.07, 6.45) is 3.57. The molecule has 0 aromatic rings. The molecule has 4 saturated heterocycles. The third kappa shape index (κ3) is 2.86. The van der Waals surface area contributed by atoms with E-state index in [9.17, 15) is 0 Å². The van der Waals surface area contributed by atoms with Crippen LogP contribution in [0.5, 0.6) is 0 Å². The van der Waals surface area contributed by atoms with Gasteiger partial charge in [-0.1, -0.05) is 20.8 Å². The number of likely N-dealkylation sites (N-methyl/N-ethyl adjacent to an activating group) is 1. The molecule has 6 nitrogen and oxygen atoms in total. The first kappa shape index (κ1) is 18.1. The van der Waals surface area contributed by atoms with Crippen LogP contribution in [0.2, 0.25) is 0 Å². The van der Waals surface area contributed by atoms with Gasteiger partial charge in [0.05, 0.1) is 6.61 Å². The first-order chi connectivity index (χ1) is 12.0. The number of nitrogens with one attached hydrogen (secondary N) is 1. The number of hydrogen-bond acceptors (Lipinski definition) is 6. The molecular weight excluding hydrogens is 322 g/mol. The molecule has 0 radical (unpaired) electrons. The highest BCUT2D eigenvalue weighted by Crippen LogP contribution is 2.60. The summed E-state index contributed by atoms with van der Waals surface area (Å²) in [6.45, 7) is 11.0. The van der Waals surface area contributed by atoms with E-state index in [1.807, 2.05) is 6.92 Å². The molecular formula is C19H33NO5. The van der Waals surface area contributed by atoms with E-state index >= 15 is 0 Å². The molecule has 144 valence electrons. The van der Waals surface area contributed by atoms with E-state index in [0.717, 1.165) is 32.4 Å². The molecule has 0 aromatic carbocycles. The number of ether oxygens (including phenoxy) is 3. The second-order valence-electron chi connectivity index (χ2n) is 8.50. The minimum absolute atomic E-state index is 0.250. The zero-order valence-corrected chi connectivity index (χ0v) is 16.0. The number of fused-ring (bicyclic) bond motifs is 2. The first-order valence-electron chi connectivity index (χ1n) is 10.0. The molecule has 5 rings (SSSR count). The Morgan fingerprint density at radius 3 is 2.76 bits per heavy atom. The van der Waals surface area contributed by atoms with Gasteiger partial charge in [0.25, 0.3) is 0 Å². The molecule has 4 heterocycles. The highest BCUT2D eigenvalue weighted by molar-refractivity contribution is 5.09. The monoisotopic (exact) mass is 355 g/mol. The lowest BCUT2D eigenvalue weighted by molar-refractivity contribution is -0.577. The molecule has 1 N–H and O–H groups in total. The van der Waals surface area contributed by atoms with Gasteiger partial charge in [0.1, 0.15) is 0 Å². The second kappa shape index (κ2) is 6.73. The summed E-state index contributed by atoms with van der Waals surface area (Å²) in [7, 11) is 0. The van der Waals surface area contributed by atoms with Crippen LogP contribution in [-0.2, 0) is 24.0 Å². The van der Waals surface area contributed by atoms with Crippen molar-refractivity contribution in [2.24, 2.45) is 23.7 Å². The molecule has 6 heteroatoms. The summed E-state index contributed by atoms with van der Waals surface area (Å²) in [6, 6.07) is 0. The number of rotatable bonds is 5. The van der Waals surface area contributed by atoms with E-state index in [4.69, 9.17) is 24.0 Å². The molecule has 0 unspecified atom stereocenters. The van der Waals surface area contributed by atoms with Crippen LogP contribution in [-0.4, -0.2) is 43.7 Å². The van der Waals surface area contributed by atoms with E-state index < -0.39 is 17.7 Å². The van der Waals surface area contributed by atoms with Crippen LogP contribution in [0.1, 0.15) is 53.4 Å². The van der Waals surface area contributed by atoms with Gasteiger partial charge in [-0.05, 0) is 44.6 Å². The van der Waals surface area contributed by atoms with Gasteiger partial charge < -0.3 is 19.5 Å². The zero-order valence-electron chi connectivity index (χ0n) is 16.0. The molecule has 5 fully saturated rings. The normalized spacial score (nSPS) is 51.8. The third-order valence-corrected chi connectivity index (χ3v) is 6.91. The minimum atomic E-state index is -0.716. The van der Waals surface area contributed by atoms with Crippen molar-refractivity contribution in [3.05, 3.63) is 0 Å². The molecule has 25 heavy (non-hydrogen) atoms. The molecule has 4 aliphatic heterocycles. The van der Waals surface area contributed by atoms with Gasteiger partial charge in [-0.2, -0.15) is 0 Å². The van der Waals surface area contributed by atoms with Crippen LogP contribution in [0.4, 0.5) is 0 Å². The predicted molar refractivity (Wildman–Crippen MR) is 91.3 cm³/mol. The predicted octanol–water partition coefficient (Wildman–Crippen LogP) is 2.82. The molecule has 2 bridgehead atoms. The third-order valence-electron chi connectivity index (χ3n) is 6.91. The summed E-state index contributed by atoms with van der Waals surface area (Å²) < 4.78 is 18.8. The maximum absolute atomic E-state index is 6.36. The Morgan fingerprint density at radius 2 is 1.96 bits per heavy atom. The Morgan fingerprint density at radius 1 is 1.12 bits per heavy atom. The highest BCUT2D eigenvalue weighted by atomic mass is 17.3. The van der Waals surface area contributed by atoms with Gasteiger partial charge in [-0.3, -0.25) is 0 Å². The van der Waals surface area contributed by atoms with Crippen molar-refractivity contribution >= 4 is 0 Å². The van der Waals surface area contributed by atoms with Crippen molar-refractivity contribution in [2.75, 3.05) is 19.7 Å². The van der Waals surface area contributed by atoms with Crippen molar-refractivity contribution in [2.45, 2.75) is 77.3 Å². The molecule has 1 saturated carbocycles. The molecule has 5 aliphatic rings. The average molecular weight is 355 g/mol. The lowest BCUT2D eigenvalue weighted by Crippen LogP contribution is -2.70. The fourth-order valence-corrected chi connectivity index (χ4v) is 5.49. The first-order valence-corrected chi connectivity index (χ1v) is 10.0. The van der Waals surface area contributed by atoms with E-state index in [2.05, 4.69) is 26.1 Å². The van der Waals surface area contributed by atoms with Gasteiger partial charge in [-0.25, -0.2) is 9.78 Å². The summed E-state index contributed by atoms with van der Waals surface area (Å²) >= 11 is 0. The Balaban J connectivity index is 1.58. The topological polar surface area (TPSA) is 58.2 Å². The Kier molecular flexibility index (Phi) is 4.88. The van der Waals surface area contributed by atoms with Crippen LogP contribution >= 0.6 is 0 Å². The quantitative estimate of drug-likeness (QED) is 0.604. The van der Waals surface area contributed by atoms with Crippen molar-refractivity contribution in [3.63, 3.8) is 0 Å². The lowest BCUT2D eigenvalue weighted by atomic mass is 9.58. The maximum atomic E-state index is 6.36. The van der Waals surface area contributed by atoms with Crippen molar-refractivity contribution in [1.29, 1.82) is 0 Å². The van der Waals surface area contributed by atoms with Gasteiger partial charge in [0.15, 0.2) is 18.2 Å². The Bertz CT molecular complexity index is 490. The van der Waals surface area contributed by atoms with Crippen LogP contribution < -0.4 is 5.32 Å². The second-order valence-corrected chi connectivity index (χ2v) is 8.50.